The van der Waals surface area contributed by atoms with Crippen molar-refractivity contribution in [1.82, 2.24) is 4.90 Å². The highest BCUT2D eigenvalue weighted by molar-refractivity contribution is 8.18. The molecule has 0 atom stereocenters. The van der Waals surface area contributed by atoms with Gasteiger partial charge in [-0.25, -0.2) is 0 Å². The Bertz CT molecular complexity index is 1080. The van der Waals surface area contributed by atoms with Gasteiger partial charge in [0.2, 0.25) is 0 Å². The molecule has 1 amide bonds. The Morgan fingerprint density at radius 3 is 2.45 bits per heavy atom. The minimum absolute atomic E-state index is 0.0557. The first-order valence-electron chi connectivity index (χ1n) is 12.0. The topological polar surface area (TPSA) is 45.8 Å². The number of amides is 1. The standard InChI is InChI=1S/C26H28Cl2N2O2S/c27-21-13-7-12-20(24(21)28)22-15-14-19(32-22)16-23-25(31)30(18-10-5-2-6-11-18)26(33-23)29-17-8-3-1-4-9-17/h7,12-18H,1-6,8-11H2. The van der Waals surface area contributed by atoms with Crippen molar-refractivity contribution in [2.24, 2.45) is 4.99 Å². The fourth-order valence-electron chi connectivity index (χ4n) is 5.00. The summed E-state index contributed by atoms with van der Waals surface area (Å²) in [5.74, 6) is 1.31. The van der Waals surface area contributed by atoms with Crippen molar-refractivity contribution in [3.63, 3.8) is 0 Å². The molecule has 0 spiro atoms. The Morgan fingerprint density at radius 2 is 1.70 bits per heavy atom. The molecule has 2 aliphatic carbocycles. The molecule has 1 aliphatic heterocycles. The van der Waals surface area contributed by atoms with Crippen molar-refractivity contribution in [3.05, 3.63) is 51.0 Å². The molecule has 1 aromatic carbocycles. The number of hydrogen-bond acceptors (Lipinski definition) is 4. The first kappa shape index (κ1) is 23.1. The van der Waals surface area contributed by atoms with E-state index in [4.69, 9.17) is 32.6 Å². The van der Waals surface area contributed by atoms with Crippen molar-refractivity contribution >= 4 is 52.1 Å². The quantitative estimate of drug-likeness (QED) is 0.395. The van der Waals surface area contributed by atoms with Gasteiger partial charge in [0, 0.05) is 17.7 Å². The van der Waals surface area contributed by atoms with E-state index in [9.17, 15) is 4.79 Å². The zero-order valence-electron chi connectivity index (χ0n) is 18.6. The maximum absolute atomic E-state index is 13.5. The number of amidine groups is 1. The zero-order valence-corrected chi connectivity index (χ0v) is 20.9. The van der Waals surface area contributed by atoms with Crippen molar-refractivity contribution in [2.45, 2.75) is 76.3 Å². The Labute approximate surface area is 209 Å². The second-order valence-electron chi connectivity index (χ2n) is 9.08. The summed E-state index contributed by atoms with van der Waals surface area (Å²) in [7, 11) is 0. The zero-order chi connectivity index (χ0) is 22.8. The van der Waals surface area contributed by atoms with E-state index in [0.29, 0.717) is 32.5 Å². The van der Waals surface area contributed by atoms with Crippen molar-refractivity contribution in [1.29, 1.82) is 0 Å². The second-order valence-corrected chi connectivity index (χ2v) is 10.9. The third-order valence-electron chi connectivity index (χ3n) is 6.76. The first-order valence-corrected chi connectivity index (χ1v) is 13.5. The van der Waals surface area contributed by atoms with Crippen LogP contribution >= 0.6 is 35.0 Å². The molecule has 2 heterocycles. The highest BCUT2D eigenvalue weighted by atomic mass is 35.5. The van der Waals surface area contributed by atoms with Crippen LogP contribution in [0.2, 0.25) is 10.0 Å². The number of carbonyl (C=O) groups is 1. The van der Waals surface area contributed by atoms with Crippen LogP contribution in [0.25, 0.3) is 17.4 Å². The van der Waals surface area contributed by atoms with Gasteiger partial charge in [-0.05, 0) is 61.7 Å². The average molecular weight is 503 g/mol. The van der Waals surface area contributed by atoms with Crippen molar-refractivity contribution < 1.29 is 9.21 Å². The molecule has 5 rings (SSSR count). The van der Waals surface area contributed by atoms with E-state index in [-0.39, 0.29) is 11.9 Å². The predicted octanol–water partition coefficient (Wildman–Crippen LogP) is 8.19. The predicted molar refractivity (Wildman–Crippen MR) is 138 cm³/mol. The lowest BCUT2D eigenvalue weighted by atomic mass is 9.94. The monoisotopic (exact) mass is 502 g/mol. The molecule has 0 unspecified atom stereocenters. The maximum atomic E-state index is 13.5. The first-order chi connectivity index (χ1) is 16.1. The summed E-state index contributed by atoms with van der Waals surface area (Å²) in [6.07, 6.45) is 13.6. The molecule has 0 bridgehead atoms. The van der Waals surface area contributed by atoms with Crippen LogP contribution in [-0.2, 0) is 4.79 Å². The van der Waals surface area contributed by atoms with Crippen LogP contribution in [0.15, 0.2) is 44.6 Å². The lowest BCUT2D eigenvalue weighted by Gasteiger charge is -2.31. The van der Waals surface area contributed by atoms with Gasteiger partial charge in [0.1, 0.15) is 11.5 Å². The molecule has 3 aliphatic rings. The van der Waals surface area contributed by atoms with Crippen LogP contribution in [0.1, 0.15) is 70.0 Å². The van der Waals surface area contributed by atoms with Crippen LogP contribution in [0.5, 0.6) is 0 Å². The summed E-state index contributed by atoms with van der Waals surface area (Å²) in [5, 5.41) is 1.83. The maximum Gasteiger partial charge on any atom is 0.267 e. The summed E-state index contributed by atoms with van der Waals surface area (Å²) < 4.78 is 6.04. The average Bonchev–Trinajstić information content (AvgIpc) is 3.41. The Kier molecular flexibility index (Phi) is 7.19. The lowest BCUT2D eigenvalue weighted by Crippen LogP contribution is -2.41. The van der Waals surface area contributed by atoms with Crippen molar-refractivity contribution in [3.8, 4) is 11.3 Å². The third-order valence-corrected chi connectivity index (χ3v) is 8.58. The van der Waals surface area contributed by atoms with E-state index in [1.165, 1.54) is 50.3 Å². The molecule has 0 N–H and O–H groups in total. The highest BCUT2D eigenvalue weighted by Gasteiger charge is 2.39. The molecular formula is C26H28Cl2N2O2S. The lowest BCUT2D eigenvalue weighted by molar-refractivity contribution is -0.124. The van der Waals surface area contributed by atoms with Crippen LogP contribution in [0, 0.1) is 0 Å². The Balaban J connectivity index is 1.43. The molecular weight excluding hydrogens is 475 g/mol. The molecule has 2 saturated carbocycles. The minimum atomic E-state index is 0.0557. The highest BCUT2D eigenvalue weighted by Crippen LogP contribution is 2.40. The molecule has 4 nitrogen and oxygen atoms in total. The molecule has 7 heteroatoms. The van der Waals surface area contributed by atoms with Gasteiger partial charge >= 0.3 is 0 Å². The minimum Gasteiger partial charge on any atom is -0.457 e. The summed E-state index contributed by atoms with van der Waals surface area (Å²) in [6, 6.07) is 9.79. The number of rotatable bonds is 4. The van der Waals surface area contributed by atoms with Gasteiger partial charge in [-0.3, -0.25) is 14.7 Å². The summed E-state index contributed by atoms with van der Waals surface area (Å²) in [4.78, 5) is 21.3. The molecule has 174 valence electrons. The van der Waals surface area contributed by atoms with E-state index in [1.54, 1.807) is 6.07 Å². The van der Waals surface area contributed by atoms with Gasteiger partial charge in [-0.2, -0.15) is 0 Å². The molecule has 33 heavy (non-hydrogen) atoms. The number of hydrogen-bond donors (Lipinski definition) is 0. The SMILES string of the molecule is O=C1C(=Cc2ccc(-c3cccc(Cl)c3Cl)o2)SC(=NC2CCCCC2)N1C1CCCCC1. The van der Waals surface area contributed by atoms with E-state index in [1.807, 2.05) is 35.2 Å². The van der Waals surface area contributed by atoms with E-state index in [2.05, 4.69) is 0 Å². The van der Waals surface area contributed by atoms with E-state index < -0.39 is 0 Å². The number of aliphatic imine (C=N–C) groups is 1. The van der Waals surface area contributed by atoms with Crippen LogP contribution in [-0.4, -0.2) is 28.1 Å². The molecule has 1 saturated heterocycles. The normalized spacial score (nSPS) is 23.2. The second kappa shape index (κ2) is 10.3. The van der Waals surface area contributed by atoms with Crippen LogP contribution < -0.4 is 0 Å². The fraction of sp³-hybridized carbons (Fsp3) is 0.462. The van der Waals surface area contributed by atoms with Gasteiger partial charge in [-0.15, -0.1) is 0 Å². The van der Waals surface area contributed by atoms with Gasteiger partial charge in [0.15, 0.2) is 5.17 Å². The number of nitrogens with zero attached hydrogens (tertiary/aromatic N) is 2. The molecule has 1 aromatic heterocycles. The van der Waals surface area contributed by atoms with Gasteiger partial charge in [0.05, 0.1) is 21.0 Å². The van der Waals surface area contributed by atoms with Crippen LogP contribution in [0.3, 0.4) is 0 Å². The fourth-order valence-corrected chi connectivity index (χ4v) is 6.49. The van der Waals surface area contributed by atoms with Crippen molar-refractivity contribution in [2.75, 3.05) is 0 Å². The molecule has 3 fully saturated rings. The number of carbonyl (C=O) groups excluding carboxylic acids is 1. The number of furan rings is 1. The summed E-state index contributed by atoms with van der Waals surface area (Å²) in [6.45, 7) is 0. The smallest absolute Gasteiger partial charge is 0.267 e. The molecule has 2 aromatic rings. The number of thioether (sulfide) groups is 1. The van der Waals surface area contributed by atoms with Gasteiger partial charge < -0.3 is 4.42 Å². The van der Waals surface area contributed by atoms with Gasteiger partial charge in [-0.1, -0.05) is 67.8 Å². The van der Waals surface area contributed by atoms with E-state index in [0.717, 1.165) is 36.4 Å². The van der Waals surface area contributed by atoms with Gasteiger partial charge in [0.25, 0.3) is 5.91 Å². The summed E-state index contributed by atoms with van der Waals surface area (Å²) in [5.41, 5.74) is 0.739. The third kappa shape index (κ3) is 5.06. The number of halogens is 2. The van der Waals surface area contributed by atoms with E-state index >= 15 is 0 Å². The number of benzene rings is 1. The molecule has 0 radical (unpaired) electrons. The summed E-state index contributed by atoms with van der Waals surface area (Å²) >= 11 is 14.0. The van der Waals surface area contributed by atoms with Crippen LogP contribution in [0.4, 0.5) is 0 Å². The largest absolute Gasteiger partial charge is 0.457 e. The Morgan fingerprint density at radius 1 is 0.970 bits per heavy atom. The Hall–Kier alpha value is -1.69.